The Hall–Kier alpha value is -1.18. The van der Waals surface area contributed by atoms with Crippen LogP contribution in [0.2, 0.25) is 0 Å². The first kappa shape index (κ1) is 56.9. The number of aromatic nitrogens is 3. The molecule has 1 fully saturated rings. The van der Waals surface area contributed by atoms with Crippen LogP contribution in [0.15, 0.2) is 6.20 Å². The number of aliphatic hydroxyl groups is 6. The maximum Gasteiger partial charge on any atom is 0.186 e. The molecule has 1 aromatic rings. The number of nitrogens with zero attached hydrogens (tertiary/aromatic N) is 3. The highest BCUT2D eigenvalue weighted by Crippen LogP contribution is 2.26. The van der Waals surface area contributed by atoms with Gasteiger partial charge in [0.1, 0.15) is 36.6 Å². The SMILES string of the molecule is CCCCCCCCCCCCCCCCCCCCCCCCCc1cn([C@@H](CO[C@H]2OC(CO)[C@H](O)[C@H](O)[C@H]2O)[C@H](O)[C@H](O)CCCCCCCCCCCCCC)nn1. The van der Waals surface area contributed by atoms with E-state index < -0.39 is 55.6 Å². The molecule has 0 radical (unpaired) electrons. The summed E-state index contributed by atoms with van der Waals surface area (Å²) in [5, 5.41) is 71.9. The molecule has 1 aliphatic rings. The van der Waals surface area contributed by atoms with E-state index in [9.17, 15) is 30.6 Å². The van der Waals surface area contributed by atoms with Gasteiger partial charge >= 0.3 is 0 Å². The largest absolute Gasteiger partial charge is 0.394 e. The van der Waals surface area contributed by atoms with Crippen molar-refractivity contribution in [1.29, 1.82) is 0 Å². The first-order chi connectivity index (χ1) is 30.3. The minimum absolute atomic E-state index is 0.207. The van der Waals surface area contributed by atoms with Crippen LogP contribution in [0.1, 0.15) is 257 Å². The lowest BCUT2D eigenvalue weighted by atomic mass is 9.98. The fraction of sp³-hybridized carbons (Fsp3) is 0.961. The number of unbranched alkanes of at least 4 members (excludes halogenated alkanes) is 33. The van der Waals surface area contributed by atoms with Crippen molar-refractivity contribution in [1.82, 2.24) is 15.0 Å². The lowest BCUT2D eigenvalue weighted by molar-refractivity contribution is -0.304. The van der Waals surface area contributed by atoms with E-state index in [2.05, 4.69) is 24.2 Å². The van der Waals surface area contributed by atoms with E-state index in [-0.39, 0.29) is 6.61 Å². The maximum absolute atomic E-state index is 11.4. The fourth-order valence-electron chi connectivity index (χ4n) is 9.03. The number of hydrogen-bond donors (Lipinski definition) is 6. The zero-order valence-electron chi connectivity index (χ0n) is 40.1. The molecule has 8 atom stereocenters. The molecule has 11 nitrogen and oxygen atoms in total. The van der Waals surface area contributed by atoms with Gasteiger partial charge in [-0.2, -0.15) is 0 Å². The van der Waals surface area contributed by atoms with E-state index in [0.717, 1.165) is 44.2 Å². The number of aryl methyl sites for hydroxylation is 1. The van der Waals surface area contributed by atoms with Crippen molar-refractivity contribution in [3.05, 3.63) is 11.9 Å². The number of ether oxygens (including phenoxy) is 2. The average molecular weight is 882 g/mol. The molecular formula is C51H99N3O8. The Morgan fingerprint density at radius 2 is 0.935 bits per heavy atom. The molecule has 0 spiro atoms. The third-order valence-electron chi connectivity index (χ3n) is 13.4. The number of hydrogen-bond acceptors (Lipinski definition) is 10. The van der Waals surface area contributed by atoms with Gasteiger partial charge in [0.2, 0.25) is 0 Å². The standard InChI is InChI=1S/C51H99N3O8/c1-3-5-7-9-11-13-15-17-18-19-20-21-22-23-24-25-26-27-28-30-32-34-36-38-43-40-54(53-52-43)44(42-61-51-50(60)49(59)48(58)46(41-55)62-51)47(57)45(56)39-37-35-33-31-29-16-14-12-10-8-6-4-2/h40,44-51,55-60H,3-39,41-42H2,1-2H3/t44-,45+,46?,47-,48-,49-,50+,51-/m0/s1. The Bertz CT molecular complexity index is 1110. The third-order valence-corrected chi connectivity index (χ3v) is 13.4. The fourth-order valence-corrected chi connectivity index (χ4v) is 9.03. The van der Waals surface area contributed by atoms with Gasteiger partial charge in [-0.15, -0.1) is 5.10 Å². The Labute approximate surface area is 379 Å². The summed E-state index contributed by atoms with van der Waals surface area (Å²) in [6, 6.07) is -0.842. The van der Waals surface area contributed by atoms with Gasteiger partial charge < -0.3 is 40.1 Å². The summed E-state index contributed by atoms with van der Waals surface area (Å²) in [6.07, 6.45) is 39.3. The van der Waals surface area contributed by atoms with Crippen molar-refractivity contribution in [2.24, 2.45) is 0 Å². The molecule has 11 heteroatoms. The van der Waals surface area contributed by atoms with E-state index in [1.165, 1.54) is 197 Å². The summed E-state index contributed by atoms with van der Waals surface area (Å²) in [5.41, 5.74) is 0.800. The summed E-state index contributed by atoms with van der Waals surface area (Å²) in [5.74, 6) is 0. The van der Waals surface area contributed by atoms with Crippen molar-refractivity contribution in [2.45, 2.75) is 300 Å². The van der Waals surface area contributed by atoms with Gasteiger partial charge in [-0.3, -0.25) is 0 Å². The van der Waals surface area contributed by atoms with Gasteiger partial charge in [0.05, 0.1) is 25.0 Å². The number of aliphatic hydroxyl groups excluding tert-OH is 6. The molecule has 1 aliphatic heterocycles. The quantitative estimate of drug-likeness (QED) is 0.0347. The zero-order chi connectivity index (χ0) is 44.9. The molecule has 366 valence electrons. The highest BCUT2D eigenvalue weighted by atomic mass is 16.7. The first-order valence-corrected chi connectivity index (χ1v) is 26.5. The van der Waals surface area contributed by atoms with Gasteiger partial charge in [-0.25, -0.2) is 4.68 Å². The predicted octanol–water partition coefficient (Wildman–Crippen LogP) is 11.0. The second-order valence-corrected chi connectivity index (χ2v) is 19.1. The van der Waals surface area contributed by atoms with Crippen LogP contribution in [-0.4, -0.2) is 102 Å². The van der Waals surface area contributed by atoms with E-state index in [1.54, 1.807) is 6.20 Å². The first-order valence-electron chi connectivity index (χ1n) is 26.5. The molecule has 1 aromatic heterocycles. The second kappa shape index (κ2) is 39.0. The van der Waals surface area contributed by atoms with Gasteiger partial charge in [-0.05, 0) is 19.3 Å². The zero-order valence-corrected chi connectivity index (χ0v) is 40.1. The summed E-state index contributed by atoms with van der Waals surface area (Å²) in [4.78, 5) is 0. The van der Waals surface area contributed by atoms with E-state index >= 15 is 0 Å². The van der Waals surface area contributed by atoms with E-state index in [4.69, 9.17) is 9.47 Å². The number of rotatable bonds is 44. The summed E-state index contributed by atoms with van der Waals surface area (Å²) in [6.45, 7) is 3.76. The molecule has 1 unspecified atom stereocenters. The van der Waals surface area contributed by atoms with Crippen LogP contribution in [0.5, 0.6) is 0 Å². The van der Waals surface area contributed by atoms with Crippen molar-refractivity contribution < 1.29 is 40.1 Å². The van der Waals surface area contributed by atoms with Crippen LogP contribution in [0.25, 0.3) is 0 Å². The van der Waals surface area contributed by atoms with Crippen molar-refractivity contribution in [2.75, 3.05) is 13.2 Å². The van der Waals surface area contributed by atoms with Gasteiger partial charge in [0.15, 0.2) is 6.29 Å². The molecule has 62 heavy (non-hydrogen) atoms. The highest BCUT2D eigenvalue weighted by molar-refractivity contribution is 4.96. The molecular weight excluding hydrogens is 783 g/mol. The van der Waals surface area contributed by atoms with Crippen molar-refractivity contribution in [3.63, 3.8) is 0 Å². The van der Waals surface area contributed by atoms with Crippen molar-refractivity contribution in [3.8, 4) is 0 Å². The smallest absolute Gasteiger partial charge is 0.186 e. The average Bonchev–Trinajstić information content (AvgIpc) is 3.75. The molecule has 2 rings (SSSR count). The monoisotopic (exact) mass is 882 g/mol. The molecule has 0 aromatic carbocycles. The molecule has 1 saturated heterocycles. The maximum atomic E-state index is 11.4. The lowest BCUT2D eigenvalue weighted by Gasteiger charge is -2.40. The molecule has 0 bridgehead atoms. The Kier molecular flexibility index (Phi) is 35.8. The van der Waals surface area contributed by atoms with E-state index in [1.807, 2.05) is 0 Å². The normalized spacial score (nSPS) is 20.8. The topological polar surface area (TPSA) is 171 Å². The van der Waals surface area contributed by atoms with Crippen LogP contribution in [-0.2, 0) is 15.9 Å². The predicted molar refractivity (Wildman–Crippen MR) is 252 cm³/mol. The summed E-state index contributed by atoms with van der Waals surface area (Å²) in [7, 11) is 0. The van der Waals surface area contributed by atoms with Crippen LogP contribution >= 0.6 is 0 Å². The minimum atomic E-state index is -1.58. The second-order valence-electron chi connectivity index (χ2n) is 19.1. The van der Waals surface area contributed by atoms with E-state index in [0.29, 0.717) is 6.42 Å². The van der Waals surface area contributed by atoms with Crippen molar-refractivity contribution >= 4 is 0 Å². The van der Waals surface area contributed by atoms with Gasteiger partial charge in [0.25, 0.3) is 0 Å². The lowest BCUT2D eigenvalue weighted by Crippen LogP contribution is -2.59. The summed E-state index contributed by atoms with van der Waals surface area (Å²) >= 11 is 0. The van der Waals surface area contributed by atoms with Crippen LogP contribution in [0.4, 0.5) is 0 Å². The molecule has 6 N–H and O–H groups in total. The molecule has 0 aliphatic carbocycles. The van der Waals surface area contributed by atoms with Crippen LogP contribution in [0, 0.1) is 0 Å². The molecule has 0 saturated carbocycles. The highest BCUT2D eigenvalue weighted by Gasteiger charge is 2.44. The Balaban J connectivity index is 1.64. The van der Waals surface area contributed by atoms with Crippen LogP contribution in [0.3, 0.4) is 0 Å². The minimum Gasteiger partial charge on any atom is -0.394 e. The molecule has 0 amide bonds. The Morgan fingerprint density at radius 3 is 1.34 bits per heavy atom. The third kappa shape index (κ3) is 26.7. The molecule has 2 heterocycles. The van der Waals surface area contributed by atoms with Crippen LogP contribution < -0.4 is 0 Å². The van der Waals surface area contributed by atoms with Gasteiger partial charge in [-0.1, -0.05) is 237 Å². The van der Waals surface area contributed by atoms with Gasteiger partial charge in [0, 0.05) is 6.20 Å². The summed E-state index contributed by atoms with van der Waals surface area (Å²) < 4.78 is 12.9. The Morgan fingerprint density at radius 1 is 0.548 bits per heavy atom.